The lowest BCUT2D eigenvalue weighted by Gasteiger charge is -2.07. The highest BCUT2D eigenvalue weighted by atomic mass is 127. The molecule has 3 aromatic rings. The highest BCUT2D eigenvalue weighted by Gasteiger charge is 2.17. The van der Waals surface area contributed by atoms with Gasteiger partial charge < -0.3 is 9.73 Å². The van der Waals surface area contributed by atoms with Gasteiger partial charge in [-0.05, 0) is 59.3 Å². The second-order valence-electron chi connectivity index (χ2n) is 5.00. The van der Waals surface area contributed by atoms with E-state index in [4.69, 9.17) is 4.42 Å². The fourth-order valence-corrected chi connectivity index (χ4v) is 2.91. The Labute approximate surface area is 144 Å². The number of carbonyl (C=O) groups excluding carboxylic acids is 1. The molecule has 0 spiro atoms. The number of hydrogen-bond donors (Lipinski definition) is 1. The summed E-state index contributed by atoms with van der Waals surface area (Å²) in [5, 5.41) is 14.1. The Morgan fingerprint density at radius 3 is 2.74 bits per heavy atom. The van der Waals surface area contributed by atoms with Crippen LogP contribution in [0.15, 0.2) is 47.1 Å². The molecule has 0 aliphatic carbocycles. The first-order valence-corrected chi connectivity index (χ1v) is 7.77. The Hall–Kier alpha value is -2.42. The van der Waals surface area contributed by atoms with Gasteiger partial charge >= 0.3 is 0 Å². The van der Waals surface area contributed by atoms with Crippen molar-refractivity contribution in [2.45, 2.75) is 6.92 Å². The maximum atomic E-state index is 12.5. The number of fused-ring (bicyclic) bond motifs is 1. The van der Waals surface area contributed by atoms with Gasteiger partial charge in [-0.15, -0.1) is 0 Å². The van der Waals surface area contributed by atoms with Gasteiger partial charge in [-0.25, -0.2) is 0 Å². The van der Waals surface area contributed by atoms with Crippen LogP contribution in [0.5, 0.6) is 0 Å². The van der Waals surface area contributed by atoms with E-state index in [1.54, 1.807) is 0 Å². The molecule has 23 heavy (non-hydrogen) atoms. The summed E-state index contributed by atoms with van der Waals surface area (Å²) in [5.41, 5.74) is 2.24. The van der Waals surface area contributed by atoms with Crippen molar-refractivity contribution in [2.24, 2.45) is 0 Å². The number of nitro groups is 1. The molecular formula is C16H11IN2O4. The van der Waals surface area contributed by atoms with Gasteiger partial charge in [-0.1, -0.05) is 0 Å². The van der Waals surface area contributed by atoms with Gasteiger partial charge in [0.25, 0.3) is 11.6 Å². The quantitative estimate of drug-likeness (QED) is 0.383. The topological polar surface area (TPSA) is 85.4 Å². The molecule has 0 atom stereocenters. The van der Waals surface area contributed by atoms with Gasteiger partial charge in [-0.3, -0.25) is 14.9 Å². The molecule has 0 saturated heterocycles. The summed E-state index contributed by atoms with van der Waals surface area (Å²) < 4.78 is 6.38. The third kappa shape index (κ3) is 3.04. The van der Waals surface area contributed by atoms with Crippen LogP contribution in [0.25, 0.3) is 11.0 Å². The Balaban J connectivity index is 1.97. The molecule has 0 aliphatic heterocycles. The van der Waals surface area contributed by atoms with Crippen LogP contribution in [0.2, 0.25) is 0 Å². The number of anilines is 1. The van der Waals surface area contributed by atoms with Gasteiger partial charge in [0.2, 0.25) is 0 Å². The third-order valence-corrected chi connectivity index (χ3v) is 4.12. The van der Waals surface area contributed by atoms with Crippen molar-refractivity contribution in [3.8, 4) is 0 Å². The van der Waals surface area contributed by atoms with Crippen LogP contribution in [0.1, 0.15) is 15.9 Å². The number of nitrogens with one attached hydrogen (secondary N) is 1. The van der Waals surface area contributed by atoms with Crippen LogP contribution in [0, 0.1) is 20.6 Å². The minimum absolute atomic E-state index is 0.0848. The van der Waals surface area contributed by atoms with Gasteiger partial charge in [0.05, 0.1) is 10.5 Å². The average Bonchev–Trinajstić information content (AvgIpc) is 2.93. The number of halogens is 1. The predicted molar refractivity (Wildman–Crippen MR) is 94.7 cm³/mol. The number of rotatable bonds is 3. The van der Waals surface area contributed by atoms with E-state index < -0.39 is 4.92 Å². The van der Waals surface area contributed by atoms with E-state index in [-0.39, 0.29) is 17.2 Å². The molecule has 1 amide bonds. The van der Waals surface area contributed by atoms with Crippen molar-refractivity contribution in [3.05, 3.63) is 67.5 Å². The minimum atomic E-state index is -0.503. The van der Waals surface area contributed by atoms with E-state index in [0.29, 0.717) is 16.7 Å². The SMILES string of the molecule is Cc1cc(I)ccc1NC(=O)c1coc2ccc([N+](=O)[O-])cc12. The lowest BCUT2D eigenvalue weighted by atomic mass is 10.1. The zero-order chi connectivity index (χ0) is 16.6. The summed E-state index contributed by atoms with van der Waals surface area (Å²) >= 11 is 2.20. The summed E-state index contributed by atoms with van der Waals surface area (Å²) in [7, 11) is 0. The second-order valence-corrected chi connectivity index (χ2v) is 6.25. The van der Waals surface area contributed by atoms with E-state index in [1.807, 2.05) is 25.1 Å². The monoisotopic (exact) mass is 422 g/mol. The zero-order valence-corrected chi connectivity index (χ0v) is 14.2. The lowest BCUT2D eigenvalue weighted by Crippen LogP contribution is -2.12. The zero-order valence-electron chi connectivity index (χ0n) is 12.0. The van der Waals surface area contributed by atoms with E-state index in [0.717, 1.165) is 9.13 Å². The van der Waals surface area contributed by atoms with Gasteiger partial charge in [0, 0.05) is 26.8 Å². The summed E-state index contributed by atoms with van der Waals surface area (Å²) in [6, 6.07) is 9.83. The molecule has 0 fully saturated rings. The molecule has 1 N–H and O–H groups in total. The summed E-state index contributed by atoms with van der Waals surface area (Å²) in [6.07, 6.45) is 1.31. The number of hydrogen-bond acceptors (Lipinski definition) is 4. The largest absolute Gasteiger partial charge is 0.463 e. The smallest absolute Gasteiger partial charge is 0.270 e. The lowest BCUT2D eigenvalue weighted by molar-refractivity contribution is -0.384. The van der Waals surface area contributed by atoms with Crippen molar-refractivity contribution in [1.29, 1.82) is 0 Å². The first kappa shape index (κ1) is 15.5. The van der Waals surface area contributed by atoms with Crippen LogP contribution in [0.4, 0.5) is 11.4 Å². The van der Waals surface area contributed by atoms with Gasteiger partial charge in [0.1, 0.15) is 11.8 Å². The van der Waals surface area contributed by atoms with Crippen molar-refractivity contribution in [2.75, 3.05) is 5.32 Å². The normalized spacial score (nSPS) is 10.7. The van der Waals surface area contributed by atoms with E-state index >= 15 is 0 Å². The second kappa shape index (κ2) is 5.99. The summed E-state index contributed by atoms with van der Waals surface area (Å²) in [4.78, 5) is 22.9. The molecule has 0 aliphatic rings. The number of furan rings is 1. The number of amides is 1. The van der Waals surface area contributed by atoms with Gasteiger partial charge in [-0.2, -0.15) is 0 Å². The fraction of sp³-hybridized carbons (Fsp3) is 0.0625. The number of nitro benzene ring substituents is 1. The molecule has 0 unspecified atom stereocenters. The number of benzene rings is 2. The Bertz CT molecular complexity index is 933. The van der Waals surface area contributed by atoms with E-state index in [1.165, 1.54) is 24.5 Å². The maximum absolute atomic E-state index is 12.5. The first-order chi connectivity index (χ1) is 11.0. The average molecular weight is 422 g/mol. The summed E-state index contributed by atoms with van der Waals surface area (Å²) in [5.74, 6) is -0.367. The molecular weight excluding hydrogens is 411 g/mol. The number of aryl methyl sites for hydroxylation is 1. The molecule has 1 heterocycles. The van der Waals surface area contributed by atoms with Crippen LogP contribution in [-0.4, -0.2) is 10.8 Å². The fourth-order valence-electron chi connectivity index (χ4n) is 2.26. The number of non-ortho nitro benzene ring substituents is 1. The minimum Gasteiger partial charge on any atom is -0.463 e. The molecule has 0 bridgehead atoms. The van der Waals surface area contributed by atoms with Crippen molar-refractivity contribution in [3.63, 3.8) is 0 Å². The van der Waals surface area contributed by atoms with Crippen LogP contribution in [0.3, 0.4) is 0 Å². The predicted octanol–water partition coefficient (Wildman–Crippen LogP) is 4.51. The van der Waals surface area contributed by atoms with Crippen molar-refractivity contribution >= 4 is 50.8 Å². The Kier molecular flexibility index (Phi) is 4.03. The standard InChI is InChI=1S/C16H11IN2O4/c1-9-6-10(17)2-4-14(9)18-16(20)13-8-23-15-5-3-11(19(21)22)7-12(13)15/h2-8H,1H3,(H,18,20). The molecule has 1 aromatic heterocycles. The molecule has 116 valence electrons. The van der Waals surface area contributed by atoms with Crippen molar-refractivity contribution < 1.29 is 14.1 Å². The molecule has 2 aromatic carbocycles. The van der Waals surface area contributed by atoms with Crippen LogP contribution < -0.4 is 5.32 Å². The molecule has 7 heteroatoms. The molecule has 0 saturated carbocycles. The number of nitrogens with zero attached hydrogens (tertiary/aromatic N) is 1. The highest BCUT2D eigenvalue weighted by molar-refractivity contribution is 14.1. The Morgan fingerprint density at radius 1 is 1.26 bits per heavy atom. The van der Waals surface area contributed by atoms with Gasteiger partial charge in [0.15, 0.2) is 0 Å². The Morgan fingerprint density at radius 2 is 2.04 bits per heavy atom. The molecule has 0 radical (unpaired) electrons. The summed E-state index contributed by atoms with van der Waals surface area (Å²) in [6.45, 7) is 1.90. The van der Waals surface area contributed by atoms with Crippen LogP contribution >= 0.6 is 22.6 Å². The van der Waals surface area contributed by atoms with Crippen molar-refractivity contribution in [1.82, 2.24) is 0 Å². The highest BCUT2D eigenvalue weighted by Crippen LogP contribution is 2.27. The van der Waals surface area contributed by atoms with E-state index in [9.17, 15) is 14.9 Å². The van der Waals surface area contributed by atoms with Crippen LogP contribution in [-0.2, 0) is 0 Å². The third-order valence-electron chi connectivity index (χ3n) is 3.45. The maximum Gasteiger partial charge on any atom is 0.270 e. The van der Waals surface area contributed by atoms with E-state index in [2.05, 4.69) is 27.9 Å². The molecule has 3 rings (SSSR count). The first-order valence-electron chi connectivity index (χ1n) is 6.69. The molecule has 6 nitrogen and oxygen atoms in total. The number of carbonyl (C=O) groups is 1.